The molecule has 24 heavy (non-hydrogen) atoms. The maximum Gasteiger partial charge on any atom is 0.242 e. The molecule has 126 valence electrons. The van der Waals surface area contributed by atoms with Crippen molar-refractivity contribution in [1.29, 1.82) is 0 Å². The molecule has 5 heteroatoms. The summed E-state index contributed by atoms with van der Waals surface area (Å²) in [6.07, 6.45) is 3.34. The van der Waals surface area contributed by atoms with Gasteiger partial charge in [0.2, 0.25) is 11.8 Å². The maximum absolute atomic E-state index is 12.4. The van der Waals surface area contributed by atoms with Crippen molar-refractivity contribution in [2.24, 2.45) is 0 Å². The van der Waals surface area contributed by atoms with Gasteiger partial charge in [0.1, 0.15) is 11.8 Å². The van der Waals surface area contributed by atoms with Crippen LogP contribution in [0, 0.1) is 6.92 Å². The van der Waals surface area contributed by atoms with E-state index in [1.165, 1.54) is 11.1 Å². The molecular weight excluding hydrogens is 304 g/mol. The first-order valence-corrected chi connectivity index (χ1v) is 8.28. The van der Waals surface area contributed by atoms with E-state index in [0.717, 1.165) is 6.42 Å². The minimum Gasteiger partial charge on any atom is -0.467 e. The first-order chi connectivity index (χ1) is 11.6. The molecule has 0 aliphatic carbocycles. The predicted octanol–water partition coefficient (Wildman–Crippen LogP) is 2.44. The van der Waals surface area contributed by atoms with Gasteiger partial charge >= 0.3 is 0 Å². The van der Waals surface area contributed by atoms with Gasteiger partial charge in [-0.05, 0) is 37.5 Å². The molecule has 2 aromatic rings. The van der Waals surface area contributed by atoms with Crippen molar-refractivity contribution in [1.82, 2.24) is 10.2 Å². The highest BCUT2D eigenvalue weighted by atomic mass is 16.3. The minimum atomic E-state index is -0.402. The summed E-state index contributed by atoms with van der Waals surface area (Å²) in [4.78, 5) is 26.1. The molecule has 2 amide bonds. The Bertz CT molecular complexity index is 692. The number of hydrogen-bond acceptors (Lipinski definition) is 3. The number of carbonyl (C=O) groups is 2. The molecular formula is C19H22N2O3. The largest absolute Gasteiger partial charge is 0.467 e. The van der Waals surface area contributed by atoms with Crippen LogP contribution in [0.1, 0.15) is 29.7 Å². The van der Waals surface area contributed by atoms with Crippen LogP contribution in [0.25, 0.3) is 0 Å². The van der Waals surface area contributed by atoms with Crippen LogP contribution in [-0.2, 0) is 22.6 Å². The van der Waals surface area contributed by atoms with Crippen molar-refractivity contribution in [3.63, 3.8) is 0 Å². The zero-order valence-corrected chi connectivity index (χ0v) is 13.8. The average molecular weight is 326 g/mol. The van der Waals surface area contributed by atoms with Crippen molar-refractivity contribution in [3.8, 4) is 0 Å². The maximum atomic E-state index is 12.4. The summed E-state index contributed by atoms with van der Waals surface area (Å²) in [5.74, 6) is 0.618. The molecule has 1 atom stereocenters. The third-order valence-electron chi connectivity index (χ3n) is 4.37. The van der Waals surface area contributed by atoms with Crippen LogP contribution in [0.3, 0.4) is 0 Å². The van der Waals surface area contributed by atoms with Gasteiger partial charge in [-0.3, -0.25) is 9.59 Å². The fourth-order valence-electron chi connectivity index (χ4n) is 2.98. The van der Waals surface area contributed by atoms with E-state index in [1.54, 1.807) is 17.2 Å². The van der Waals surface area contributed by atoms with E-state index >= 15 is 0 Å². The molecule has 3 rings (SSSR count). The monoisotopic (exact) mass is 326 g/mol. The van der Waals surface area contributed by atoms with Crippen molar-refractivity contribution in [2.45, 2.75) is 38.8 Å². The number of nitrogens with zero attached hydrogens (tertiary/aromatic N) is 1. The summed E-state index contributed by atoms with van der Waals surface area (Å²) >= 11 is 0. The van der Waals surface area contributed by atoms with Crippen LogP contribution in [-0.4, -0.2) is 29.3 Å². The molecule has 0 bridgehead atoms. The molecule has 1 fully saturated rings. The van der Waals surface area contributed by atoms with E-state index in [2.05, 4.69) is 36.5 Å². The molecule has 2 heterocycles. The van der Waals surface area contributed by atoms with E-state index in [1.807, 2.05) is 6.07 Å². The third kappa shape index (κ3) is 3.85. The smallest absolute Gasteiger partial charge is 0.242 e. The Morgan fingerprint density at radius 2 is 2.08 bits per heavy atom. The fourth-order valence-corrected chi connectivity index (χ4v) is 2.98. The van der Waals surface area contributed by atoms with Crippen molar-refractivity contribution >= 4 is 11.8 Å². The van der Waals surface area contributed by atoms with E-state index < -0.39 is 6.04 Å². The summed E-state index contributed by atoms with van der Waals surface area (Å²) in [6, 6.07) is 11.5. The zero-order chi connectivity index (χ0) is 16.9. The van der Waals surface area contributed by atoms with E-state index in [9.17, 15) is 9.59 Å². The molecule has 0 spiro atoms. The van der Waals surface area contributed by atoms with Crippen LogP contribution >= 0.6 is 0 Å². The quantitative estimate of drug-likeness (QED) is 0.887. The third-order valence-corrected chi connectivity index (χ3v) is 4.37. The van der Waals surface area contributed by atoms with Gasteiger partial charge in [0.15, 0.2) is 0 Å². The van der Waals surface area contributed by atoms with Crippen molar-refractivity contribution in [3.05, 3.63) is 59.5 Å². The first-order valence-electron chi connectivity index (χ1n) is 8.28. The Kier molecular flexibility index (Phi) is 4.99. The average Bonchev–Trinajstić information content (AvgIpc) is 3.20. The van der Waals surface area contributed by atoms with Gasteiger partial charge in [0.05, 0.1) is 12.8 Å². The second-order valence-electron chi connectivity index (χ2n) is 6.18. The summed E-state index contributed by atoms with van der Waals surface area (Å²) < 4.78 is 5.29. The van der Waals surface area contributed by atoms with Crippen molar-refractivity contribution in [2.75, 3.05) is 6.54 Å². The molecule has 0 radical (unpaired) electrons. The van der Waals surface area contributed by atoms with Gasteiger partial charge in [0.25, 0.3) is 0 Å². The Hall–Kier alpha value is -2.56. The summed E-state index contributed by atoms with van der Waals surface area (Å²) in [6.45, 7) is 2.97. The summed E-state index contributed by atoms with van der Waals surface area (Å²) in [5, 5.41) is 2.95. The minimum absolute atomic E-state index is 0.00471. The van der Waals surface area contributed by atoms with Gasteiger partial charge in [-0.15, -0.1) is 0 Å². The Morgan fingerprint density at radius 1 is 1.29 bits per heavy atom. The number of benzene rings is 1. The molecule has 1 aromatic heterocycles. The topological polar surface area (TPSA) is 62.6 Å². The number of furan rings is 1. The molecule has 0 saturated carbocycles. The highest BCUT2D eigenvalue weighted by Gasteiger charge is 2.36. The lowest BCUT2D eigenvalue weighted by atomic mass is 10.1. The number of aryl methyl sites for hydroxylation is 1. The number of nitrogens with one attached hydrogen (secondary N) is 1. The lowest BCUT2D eigenvalue weighted by molar-refractivity contribution is -0.136. The van der Waals surface area contributed by atoms with Crippen LogP contribution in [0.5, 0.6) is 0 Å². The van der Waals surface area contributed by atoms with Gasteiger partial charge in [0, 0.05) is 13.0 Å². The van der Waals surface area contributed by atoms with Gasteiger partial charge in [-0.2, -0.15) is 0 Å². The number of hydrogen-bond donors (Lipinski definition) is 1. The van der Waals surface area contributed by atoms with Crippen LogP contribution in [0.15, 0.2) is 47.1 Å². The van der Waals surface area contributed by atoms with Gasteiger partial charge in [-0.25, -0.2) is 0 Å². The highest BCUT2D eigenvalue weighted by Crippen LogP contribution is 2.21. The summed E-state index contributed by atoms with van der Waals surface area (Å²) in [5.41, 5.74) is 2.41. The molecule has 1 aromatic carbocycles. The lowest BCUT2D eigenvalue weighted by Crippen LogP contribution is -2.44. The zero-order valence-electron chi connectivity index (χ0n) is 13.8. The molecule has 0 unspecified atom stereocenters. The van der Waals surface area contributed by atoms with Crippen LogP contribution < -0.4 is 5.32 Å². The number of carbonyl (C=O) groups excluding carboxylic acids is 2. The van der Waals surface area contributed by atoms with E-state index in [-0.39, 0.29) is 11.8 Å². The molecule has 1 saturated heterocycles. The standard InChI is InChI=1S/C19H22N2O3/c1-14-4-6-15(7-5-14)10-11-20-19(23)17-8-9-18(22)21(17)13-16-3-2-12-24-16/h2-7,12,17H,8-11,13H2,1H3,(H,20,23)/t17-/m0/s1. The van der Waals surface area contributed by atoms with Gasteiger partial charge < -0.3 is 14.6 Å². The fraction of sp³-hybridized carbons (Fsp3) is 0.368. The molecule has 5 nitrogen and oxygen atoms in total. The Balaban J connectivity index is 1.53. The lowest BCUT2D eigenvalue weighted by Gasteiger charge is -2.23. The Labute approximate surface area is 141 Å². The van der Waals surface area contributed by atoms with Crippen LogP contribution in [0.4, 0.5) is 0 Å². The molecule has 1 aliphatic heterocycles. The second kappa shape index (κ2) is 7.34. The van der Waals surface area contributed by atoms with E-state index in [0.29, 0.717) is 31.7 Å². The SMILES string of the molecule is Cc1ccc(CCNC(=O)[C@@H]2CCC(=O)N2Cc2ccco2)cc1. The summed E-state index contributed by atoms with van der Waals surface area (Å²) in [7, 11) is 0. The second-order valence-corrected chi connectivity index (χ2v) is 6.18. The first kappa shape index (κ1) is 16.3. The van der Waals surface area contributed by atoms with Crippen LogP contribution in [0.2, 0.25) is 0 Å². The normalized spacial score (nSPS) is 17.3. The Morgan fingerprint density at radius 3 is 2.79 bits per heavy atom. The van der Waals surface area contributed by atoms with Crippen molar-refractivity contribution < 1.29 is 14.0 Å². The number of amides is 2. The van der Waals surface area contributed by atoms with Gasteiger partial charge in [-0.1, -0.05) is 29.8 Å². The number of rotatable bonds is 6. The number of likely N-dealkylation sites (tertiary alicyclic amines) is 1. The van der Waals surface area contributed by atoms with E-state index in [4.69, 9.17) is 4.42 Å². The molecule has 1 N–H and O–H groups in total. The predicted molar refractivity (Wildman–Crippen MR) is 90.2 cm³/mol. The highest BCUT2D eigenvalue weighted by molar-refractivity contribution is 5.90. The molecule has 1 aliphatic rings.